The summed E-state index contributed by atoms with van der Waals surface area (Å²) in [7, 11) is 1.69. The third-order valence-electron chi connectivity index (χ3n) is 3.38. The summed E-state index contributed by atoms with van der Waals surface area (Å²) in [5.41, 5.74) is 3.55. The minimum atomic E-state index is 0.163. The van der Waals surface area contributed by atoms with E-state index >= 15 is 0 Å². The van der Waals surface area contributed by atoms with Crippen LogP contribution < -0.4 is 4.74 Å². The quantitative estimate of drug-likeness (QED) is 0.887. The van der Waals surface area contributed by atoms with E-state index in [9.17, 15) is 5.11 Å². The molecule has 2 heteroatoms. The van der Waals surface area contributed by atoms with Crippen LogP contribution >= 0.6 is 0 Å². The lowest BCUT2D eigenvalue weighted by atomic mass is 9.87. The third-order valence-corrected chi connectivity index (χ3v) is 3.38. The fraction of sp³-hybridized carbons (Fsp3) is 0.294. The van der Waals surface area contributed by atoms with Crippen LogP contribution in [0.1, 0.15) is 29.0 Å². The van der Waals surface area contributed by atoms with Gasteiger partial charge in [0.2, 0.25) is 0 Å². The lowest BCUT2D eigenvalue weighted by Gasteiger charge is -2.20. The van der Waals surface area contributed by atoms with Crippen LogP contribution in [0.15, 0.2) is 48.5 Å². The largest absolute Gasteiger partial charge is 0.496 e. The van der Waals surface area contributed by atoms with E-state index in [4.69, 9.17) is 4.74 Å². The van der Waals surface area contributed by atoms with Crippen molar-refractivity contribution in [3.63, 3.8) is 0 Å². The topological polar surface area (TPSA) is 29.5 Å². The Bertz CT molecular complexity index is 520. The summed E-state index contributed by atoms with van der Waals surface area (Å²) in [6.07, 6.45) is 0.698. The standard InChI is InChI=1S/C17H20O2/c1-13-8-9-17(19-2)16(12-13)15(10-11-18)14-6-4-3-5-7-14/h3-9,12,15,18H,10-11H2,1-2H3/t15-/m1/s1. The van der Waals surface area contributed by atoms with Crippen molar-refractivity contribution >= 4 is 0 Å². The zero-order chi connectivity index (χ0) is 13.7. The number of ether oxygens (including phenoxy) is 1. The smallest absolute Gasteiger partial charge is 0.122 e. The number of methoxy groups -OCH3 is 1. The zero-order valence-electron chi connectivity index (χ0n) is 11.5. The molecule has 0 aliphatic heterocycles. The summed E-state index contributed by atoms with van der Waals surface area (Å²) < 4.78 is 5.47. The van der Waals surface area contributed by atoms with Gasteiger partial charge in [-0.25, -0.2) is 0 Å². The molecule has 2 rings (SSSR count). The maximum atomic E-state index is 9.35. The maximum Gasteiger partial charge on any atom is 0.122 e. The van der Waals surface area contributed by atoms with E-state index in [1.807, 2.05) is 30.3 Å². The van der Waals surface area contributed by atoms with Crippen LogP contribution in [-0.2, 0) is 0 Å². The van der Waals surface area contributed by atoms with Gasteiger partial charge < -0.3 is 9.84 Å². The van der Waals surface area contributed by atoms with Gasteiger partial charge in [-0.15, -0.1) is 0 Å². The van der Waals surface area contributed by atoms with Gasteiger partial charge in [0.1, 0.15) is 5.75 Å². The first-order valence-electron chi connectivity index (χ1n) is 6.56. The van der Waals surface area contributed by atoms with Crippen molar-refractivity contribution in [2.24, 2.45) is 0 Å². The minimum Gasteiger partial charge on any atom is -0.496 e. The molecule has 0 spiro atoms. The molecule has 0 amide bonds. The molecule has 1 N–H and O–H groups in total. The molecule has 0 bridgehead atoms. The Hall–Kier alpha value is -1.80. The normalized spacial score (nSPS) is 12.2. The zero-order valence-corrected chi connectivity index (χ0v) is 11.5. The molecule has 1 atom stereocenters. The second-order valence-corrected chi connectivity index (χ2v) is 4.72. The molecule has 0 unspecified atom stereocenters. The van der Waals surface area contributed by atoms with Gasteiger partial charge in [0.15, 0.2) is 0 Å². The SMILES string of the molecule is COc1ccc(C)cc1[C@H](CCO)c1ccccc1. The van der Waals surface area contributed by atoms with Gasteiger partial charge in [-0.2, -0.15) is 0 Å². The fourth-order valence-electron chi connectivity index (χ4n) is 2.44. The Kier molecular flexibility index (Phi) is 4.58. The first-order chi connectivity index (χ1) is 9.26. The van der Waals surface area contributed by atoms with Crippen LogP contribution in [0.5, 0.6) is 5.75 Å². The van der Waals surface area contributed by atoms with Crippen LogP contribution in [0.3, 0.4) is 0 Å². The van der Waals surface area contributed by atoms with Crippen LogP contribution in [0.2, 0.25) is 0 Å². The molecule has 0 saturated carbocycles. The van der Waals surface area contributed by atoms with Gasteiger partial charge in [0, 0.05) is 18.1 Å². The highest BCUT2D eigenvalue weighted by Gasteiger charge is 2.17. The monoisotopic (exact) mass is 256 g/mol. The molecule has 0 aromatic heterocycles. The van der Waals surface area contributed by atoms with Crippen LogP contribution in [0.25, 0.3) is 0 Å². The Morgan fingerprint density at radius 3 is 2.47 bits per heavy atom. The predicted octanol–water partition coefficient (Wildman–Crippen LogP) is 3.52. The number of aliphatic hydroxyl groups is 1. The van der Waals surface area contributed by atoms with Gasteiger partial charge in [-0.1, -0.05) is 48.0 Å². The molecule has 2 nitrogen and oxygen atoms in total. The number of rotatable bonds is 5. The maximum absolute atomic E-state index is 9.35. The van der Waals surface area contributed by atoms with Crippen LogP contribution in [-0.4, -0.2) is 18.8 Å². The summed E-state index contributed by atoms with van der Waals surface area (Å²) >= 11 is 0. The molecule has 0 aliphatic rings. The van der Waals surface area contributed by atoms with Crippen molar-refractivity contribution in [2.45, 2.75) is 19.3 Å². The van der Waals surface area contributed by atoms with E-state index < -0.39 is 0 Å². The second kappa shape index (κ2) is 6.39. The molecule has 0 aliphatic carbocycles. The van der Waals surface area contributed by atoms with Crippen molar-refractivity contribution in [3.8, 4) is 5.75 Å². The second-order valence-electron chi connectivity index (χ2n) is 4.72. The van der Waals surface area contributed by atoms with Crippen LogP contribution in [0.4, 0.5) is 0 Å². The average Bonchev–Trinajstić information content (AvgIpc) is 2.45. The molecule has 2 aromatic rings. The van der Waals surface area contributed by atoms with E-state index in [1.54, 1.807) is 7.11 Å². The minimum absolute atomic E-state index is 0.163. The fourth-order valence-corrected chi connectivity index (χ4v) is 2.44. The summed E-state index contributed by atoms with van der Waals surface area (Å²) in [4.78, 5) is 0. The summed E-state index contributed by atoms with van der Waals surface area (Å²) in [6.45, 7) is 2.24. The number of aliphatic hydroxyl groups excluding tert-OH is 1. The molecule has 0 heterocycles. The van der Waals surface area contributed by atoms with Crippen molar-refractivity contribution in [1.82, 2.24) is 0 Å². The van der Waals surface area contributed by atoms with Gasteiger partial charge in [0.25, 0.3) is 0 Å². The number of hydrogen-bond donors (Lipinski definition) is 1. The highest BCUT2D eigenvalue weighted by molar-refractivity contribution is 5.44. The Balaban J connectivity index is 2.47. The van der Waals surface area contributed by atoms with Crippen molar-refractivity contribution in [1.29, 1.82) is 0 Å². The Labute approximate surface area is 114 Å². The van der Waals surface area contributed by atoms with E-state index in [0.717, 1.165) is 11.3 Å². The summed E-state index contributed by atoms with van der Waals surface area (Å²) in [5.74, 6) is 1.05. The first-order valence-corrected chi connectivity index (χ1v) is 6.56. The molecule has 0 saturated heterocycles. The molecule has 2 aromatic carbocycles. The van der Waals surface area contributed by atoms with Crippen molar-refractivity contribution < 1.29 is 9.84 Å². The predicted molar refractivity (Wildman–Crippen MR) is 77.7 cm³/mol. The summed E-state index contributed by atoms with van der Waals surface area (Å²) in [5, 5.41) is 9.35. The molecule has 100 valence electrons. The number of aryl methyl sites for hydroxylation is 1. The van der Waals surface area contributed by atoms with Gasteiger partial charge in [0.05, 0.1) is 7.11 Å². The van der Waals surface area contributed by atoms with Crippen molar-refractivity contribution in [3.05, 3.63) is 65.2 Å². The summed E-state index contributed by atoms with van der Waals surface area (Å²) in [6, 6.07) is 16.5. The molecule has 0 fully saturated rings. The van der Waals surface area contributed by atoms with Crippen molar-refractivity contribution in [2.75, 3.05) is 13.7 Å². The highest BCUT2D eigenvalue weighted by Crippen LogP contribution is 2.34. The first kappa shape index (κ1) is 13.6. The van der Waals surface area contributed by atoms with E-state index in [1.165, 1.54) is 11.1 Å². The lowest BCUT2D eigenvalue weighted by Crippen LogP contribution is -2.06. The van der Waals surface area contributed by atoms with Gasteiger partial charge in [-0.3, -0.25) is 0 Å². The van der Waals surface area contributed by atoms with E-state index in [0.29, 0.717) is 6.42 Å². The molecular formula is C17H20O2. The number of hydrogen-bond acceptors (Lipinski definition) is 2. The highest BCUT2D eigenvalue weighted by atomic mass is 16.5. The van der Waals surface area contributed by atoms with E-state index in [2.05, 4.69) is 25.1 Å². The average molecular weight is 256 g/mol. The molecule has 0 radical (unpaired) electrons. The Morgan fingerprint density at radius 2 is 1.84 bits per heavy atom. The lowest BCUT2D eigenvalue weighted by molar-refractivity contribution is 0.280. The molecule has 19 heavy (non-hydrogen) atoms. The van der Waals surface area contributed by atoms with Crippen LogP contribution in [0, 0.1) is 6.92 Å². The van der Waals surface area contributed by atoms with Gasteiger partial charge in [-0.05, 0) is 25.0 Å². The van der Waals surface area contributed by atoms with E-state index in [-0.39, 0.29) is 12.5 Å². The third kappa shape index (κ3) is 3.15. The Morgan fingerprint density at radius 1 is 1.11 bits per heavy atom. The number of benzene rings is 2. The molecular weight excluding hydrogens is 236 g/mol. The van der Waals surface area contributed by atoms with Gasteiger partial charge >= 0.3 is 0 Å².